The van der Waals surface area contributed by atoms with E-state index in [1.165, 1.54) is 5.56 Å². The Morgan fingerprint density at radius 2 is 1.74 bits per heavy atom. The van der Waals surface area contributed by atoms with Gasteiger partial charge in [-0.3, -0.25) is 0 Å². The van der Waals surface area contributed by atoms with Crippen LogP contribution in [0, 0.1) is 0 Å². The normalized spacial score (nSPS) is 17.4. The molecule has 0 spiro atoms. The Kier molecular flexibility index (Phi) is 7.27. The van der Waals surface area contributed by atoms with Crippen molar-refractivity contribution in [1.29, 1.82) is 0 Å². The molecule has 0 bridgehead atoms. The van der Waals surface area contributed by atoms with Crippen LogP contribution < -0.4 is 20.0 Å². The van der Waals surface area contributed by atoms with Crippen molar-refractivity contribution in [3.8, 4) is 0 Å². The van der Waals surface area contributed by atoms with Gasteiger partial charge >= 0.3 is 0 Å². The van der Waals surface area contributed by atoms with E-state index in [2.05, 4.69) is 56.2 Å². The van der Waals surface area contributed by atoms with Gasteiger partial charge in [-0.2, -0.15) is 4.98 Å². The summed E-state index contributed by atoms with van der Waals surface area (Å²) in [5.41, 5.74) is 2.79. The fraction of sp³-hybridized carbons (Fsp3) is 0.500. The number of nitrogens with one attached hydrogen (secondary N) is 1. The zero-order valence-corrected chi connectivity index (χ0v) is 20.5. The molecule has 0 amide bonds. The van der Waals surface area contributed by atoms with Crippen LogP contribution >= 0.6 is 0 Å². The molecule has 0 saturated carbocycles. The average molecular weight is 481 g/mol. The Morgan fingerprint density at radius 3 is 2.47 bits per heavy atom. The van der Waals surface area contributed by atoms with Gasteiger partial charge in [0.2, 0.25) is 5.95 Å². The highest BCUT2D eigenvalue weighted by molar-refractivity contribution is 7.91. The molecule has 0 atom stereocenters. The van der Waals surface area contributed by atoms with E-state index in [0.29, 0.717) is 24.6 Å². The van der Waals surface area contributed by atoms with E-state index < -0.39 is 11.2 Å². The lowest BCUT2D eigenvalue weighted by molar-refractivity contribution is 0.578. The lowest BCUT2D eigenvalue weighted by Crippen LogP contribution is -2.45. The Hall–Kier alpha value is -2.69. The van der Waals surface area contributed by atoms with Crippen LogP contribution in [0.2, 0.25) is 0 Å². The third kappa shape index (κ3) is 5.03. The number of fused-ring (bicyclic) bond motifs is 1. The summed E-state index contributed by atoms with van der Waals surface area (Å²) < 4.78 is 12.0. The molecule has 2 saturated heterocycles. The summed E-state index contributed by atoms with van der Waals surface area (Å²) in [5, 5.41) is 3.40. The molecule has 0 radical (unpaired) electrons. The lowest BCUT2D eigenvalue weighted by atomic mass is 10.2. The second-order valence-electron chi connectivity index (χ2n) is 8.72. The van der Waals surface area contributed by atoms with Gasteiger partial charge in [-0.05, 0) is 12.0 Å². The van der Waals surface area contributed by atoms with Gasteiger partial charge in [-0.25, -0.2) is 15.0 Å². The van der Waals surface area contributed by atoms with Gasteiger partial charge in [0.25, 0.3) is 0 Å². The van der Waals surface area contributed by atoms with E-state index in [4.69, 9.17) is 15.0 Å². The van der Waals surface area contributed by atoms with Crippen molar-refractivity contribution in [2.75, 3.05) is 72.0 Å². The molecule has 2 fully saturated rings. The number of rotatable bonds is 7. The van der Waals surface area contributed by atoms with E-state index >= 15 is 0 Å². The fourth-order valence-electron chi connectivity index (χ4n) is 4.55. The van der Waals surface area contributed by atoms with Gasteiger partial charge in [-0.1, -0.05) is 48.4 Å². The third-order valence-electron chi connectivity index (χ3n) is 6.32. The number of anilines is 3. The van der Waals surface area contributed by atoms with Crippen LogP contribution in [0.25, 0.3) is 11.0 Å². The van der Waals surface area contributed by atoms with E-state index in [-0.39, 0.29) is 0 Å². The first-order valence-corrected chi connectivity index (χ1v) is 13.6. The van der Waals surface area contributed by atoms with Crippen LogP contribution in [0.4, 0.5) is 17.6 Å². The number of hydrogen-bond donors (Lipinski definition) is 1. The molecule has 1 aromatic carbocycles. The molecule has 5 rings (SSSR count). The molecule has 2 aromatic heterocycles. The van der Waals surface area contributed by atoms with Crippen molar-refractivity contribution in [2.45, 2.75) is 19.9 Å². The van der Waals surface area contributed by atoms with Gasteiger partial charge in [0.15, 0.2) is 11.6 Å². The summed E-state index contributed by atoms with van der Waals surface area (Å²) in [6.45, 7) is 8.77. The molecular formula is C24H32N8OS. The van der Waals surface area contributed by atoms with E-state index in [1.54, 1.807) is 6.33 Å². The SMILES string of the molecule is CCCN(Cc1ccccc1)c1ncnc2c(N3CC[S+]([O-])CC3)nc(N3CCNCC3)nc12. The van der Waals surface area contributed by atoms with Gasteiger partial charge in [0.05, 0.1) is 13.1 Å². The van der Waals surface area contributed by atoms with Crippen molar-refractivity contribution in [2.24, 2.45) is 0 Å². The van der Waals surface area contributed by atoms with Gasteiger partial charge in [-0.15, -0.1) is 0 Å². The number of piperazine rings is 1. The van der Waals surface area contributed by atoms with Crippen LogP contribution in [-0.2, 0) is 17.7 Å². The Morgan fingerprint density at radius 1 is 0.971 bits per heavy atom. The van der Waals surface area contributed by atoms with Crippen LogP contribution in [0.15, 0.2) is 36.7 Å². The standard InChI is InChI=1S/C24H32N8OS/c1-2-10-32(17-19-6-4-3-5-7-19)22-21-20(26-18-27-22)23(30-13-15-34(33)16-14-30)29-24(28-21)31-11-8-25-9-12-31/h3-7,18,25H,2,8-17H2,1H3. The molecule has 4 heterocycles. The summed E-state index contributed by atoms with van der Waals surface area (Å²) in [5.74, 6) is 3.71. The summed E-state index contributed by atoms with van der Waals surface area (Å²) in [6, 6.07) is 10.5. The average Bonchev–Trinajstić information content (AvgIpc) is 2.89. The van der Waals surface area contributed by atoms with Crippen molar-refractivity contribution >= 4 is 39.8 Å². The van der Waals surface area contributed by atoms with Crippen molar-refractivity contribution in [3.05, 3.63) is 42.2 Å². The fourth-order valence-corrected chi connectivity index (χ4v) is 5.60. The zero-order chi connectivity index (χ0) is 23.3. The maximum absolute atomic E-state index is 12.0. The molecule has 10 heteroatoms. The van der Waals surface area contributed by atoms with Gasteiger partial charge < -0.3 is 24.6 Å². The number of nitrogens with zero attached hydrogens (tertiary/aromatic N) is 7. The number of benzene rings is 1. The zero-order valence-electron chi connectivity index (χ0n) is 19.7. The molecular weight excluding hydrogens is 448 g/mol. The van der Waals surface area contributed by atoms with Crippen molar-refractivity contribution < 1.29 is 4.55 Å². The largest absolute Gasteiger partial charge is 0.616 e. The van der Waals surface area contributed by atoms with E-state index in [0.717, 1.165) is 74.3 Å². The molecule has 34 heavy (non-hydrogen) atoms. The van der Waals surface area contributed by atoms with Crippen molar-refractivity contribution in [1.82, 2.24) is 25.3 Å². The Labute approximate surface area is 203 Å². The summed E-state index contributed by atoms with van der Waals surface area (Å²) in [6.07, 6.45) is 2.63. The van der Waals surface area contributed by atoms with E-state index in [1.807, 2.05) is 6.07 Å². The predicted molar refractivity (Wildman–Crippen MR) is 138 cm³/mol. The maximum atomic E-state index is 12.0. The minimum absolute atomic E-state index is 0.655. The monoisotopic (exact) mass is 480 g/mol. The minimum atomic E-state index is -0.760. The van der Waals surface area contributed by atoms with Crippen molar-refractivity contribution in [3.63, 3.8) is 0 Å². The molecule has 1 N–H and O–H groups in total. The first-order chi connectivity index (χ1) is 16.7. The Bertz CT molecular complexity index is 1090. The smallest absolute Gasteiger partial charge is 0.228 e. The Balaban J connectivity index is 1.60. The highest BCUT2D eigenvalue weighted by Gasteiger charge is 2.27. The maximum Gasteiger partial charge on any atom is 0.228 e. The molecule has 180 valence electrons. The summed E-state index contributed by atoms with van der Waals surface area (Å²) in [4.78, 5) is 26.2. The molecule has 9 nitrogen and oxygen atoms in total. The topological polar surface area (TPSA) is 96.4 Å². The van der Waals surface area contributed by atoms with Gasteiger partial charge in [0, 0.05) is 39.3 Å². The summed E-state index contributed by atoms with van der Waals surface area (Å²) >= 11 is -0.760. The highest BCUT2D eigenvalue weighted by Crippen LogP contribution is 2.31. The first-order valence-electron chi connectivity index (χ1n) is 12.1. The van der Waals surface area contributed by atoms with E-state index in [9.17, 15) is 4.55 Å². The minimum Gasteiger partial charge on any atom is -0.616 e. The lowest BCUT2D eigenvalue weighted by Gasteiger charge is -2.32. The third-order valence-corrected chi connectivity index (χ3v) is 7.59. The second-order valence-corrected chi connectivity index (χ2v) is 10.4. The predicted octanol–water partition coefficient (Wildman–Crippen LogP) is 1.81. The highest BCUT2D eigenvalue weighted by atomic mass is 32.2. The quantitative estimate of drug-likeness (QED) is 0.508. The van der Waals surface area contributed by atoms with Crippen LogP contribution in [0.3, 0.4) is 0 Å². The molecule has 0 aliphatic carbocycles. The number of hydrogen-bond acceptors (Lipinski definition) is 9. The molecule has 0 unspecified atom stereocenters. The molecule has 3 aromatic rings. The van der Waals surface area contributed by atoms with Crippen LogP contribution in [0.1, 0.15) is 18.9 Å². The molecule has 2 aliphatic heterocycles. The van der Waals surface area contributed by atoms with Crippen LogP contribution in [-0.4, -0.2) is 81.8 Å². The summed E-state index contributed by atoms with van der Waals surface area (Å²) in [7, 11) is 0. The number of aromatic nitrogens is 4. The first kappa shape index (κ1) is 23.1. The van der Waals surface area contributed by atoms with Crippen LogP contribution in [0.5, 0.6) is 0 Å². The van der Waals surface area contributed by atoms with Gasteiger partial charge in [0.1, 0.15) is 28.9 Å². The second kappa shape index (κ2) is 10.7. The molecule has 2 aliphatic rings.